The van der Waals surface area contributed by atoms with E-state index in [1.165, 1.54) is 0 Å². The molecule has 2 rings (SSSR count). The molecule has 0 aromatic heterocycles. The highest BCUT2D eigenvalue weighted by Crippen LogP contribution is 2.39. The zero-order valence-corrected chi connectivity index (χ0v) is 15.1. The molecule has 0 saturated heterocycles. The van der Waals surface area contributed by atoms with Gasteiger partial charge < -0.3 is 10.1 Å². The molecule has 1 aliphatic carbocycles. The molecule has 1 aliphatic rings. The second kappa shape index (κ2) is 7.80. The van der Waals surface area contributed by atoms with Gasteiger partial charge in [0.1, 0.15) is 17.9 Å². The standard InChI is InChI=1S/C17H22BrN3O2/c1-17(12-19,13-3-4-13)20-16(22)11-21(2)9-10-23-15-7-5-14(18)6-8-15/h5-8,13H,3-4,9-11H2,1-2H3,(H,20,22)/t17-/m0/s1. The fourth-order valence-electron chi connectivity index (χ4n) is 2.39. The van der Waals surface area contributed by atoms with Crippen LogP contribution in [0.3, 0.4) is 0 Å². The molecule has 0 unspecified atom stereocenters. The molecule has 1 aromatic carbocycles. The molecule has 0 spiro atoms. The Balaban J connectivity index is 1.69. The van der Waals surface area contributed by atoms with Crippen LogP contribution >= 0.6 is 15.9 Å². The third-order valence-electron chi connectivity index (χ3n) is 3.99. The van der Waals surface area contributed by atoms with Gasteiger partial charge in [-0.15, -0.1) is 0 Å². The smallest absolute Gasteiger partial charge is 0.235 e. The molecule has 0 radical (unpaired) electrons. The number of nitrogens with one attached hydrogen (secondary N) is 1. The molecule has 5 nitrogen and oxygen atoms in total. The monoisotopic (exact) mass is 379 g/mol. The molecule has 1 fully saturated rings. The van der Waals surface area contributed by atoms with Gasteiger partial charge in [-0.25, -0.2) is 0 Å². The van der Waals surface area contributed by atoms with Crippen molar-refractivity contribution in [2.75, 3.05) is 26.7 Å². The minimum absolute atomic E-state index is 0.118. The van der Waals surface area contributed by atoms with Gasteiger partial charge in [-0.05, 0) is 57.0 Å². The van der Waals surface area contributed by atoms with Crippen LogP contribution in [-0.4, -0.2) is 43.1 Å². The molecule has 1 saturated carbocycles. The van der Waals surface area contributed by atoms with E-state index >= 15 is 0 Å². The van der Waals surface area contributed by atoms with Gasteiger partial charge in [0.25, 0.3) is 0 Å². The summed E-state index contributed by atoms with van der Waals surface area (Å²) in [6.07, 6.45) is 2.03. The van der Waals surface area contributed by atoms with Crippen LogP contribution in [0.2, 0.25) is 0 Å². The van der Waals surface area contributed by atoms with Gasteiger partial charge in [-0.2, -0.15) is 5.26 Å². The first-order chi connectivity index (χ1) is 10.9. The molecule has 0 bridgehead atoms. The SMILES string of the molecule is CN(CCOc1ccc(Br)cc1)CC(=O)N[C@@](C)(C#N)C1CC1. The van der Waals surface area contributed by atoms with Crippen LogP contribution in [0.1, 0.15) is 19.8 Å². The van der Waals surface area contributed by atoms with Crippen LogP contribution in [0.15, 0.2) is 28.7 Å². The molecule has 23 heavy (non-hydrogen) atoms. The van der Waals surface area contributed by atoms with Gasteiger partial charge >= 0.3 is 0 Å². The largest absolute Gasteiger partial charge is 0.492 e. The Hall–Kier alpha value is -1.58. The van der Waals surface area contributed by atoms with Crippen LogP contribution in [0, 0.1) is 17.2 Å². The number of carbonyl (C=O) groups is 1. The number of benzene rings is 1. The molecule has 124 valence electrons. The highest BCUT2D eigenvalue weighted by molar-refractivity contribution is 9.10. The van der Waals surface area contributed by atoms with Crippen molar-refractivity contribution in [3.05, 3.63) is 28.7 Å². The highest BCUT2D eigenvalue weighted by Gasteiger charge is 2.42. The summed E-state index contributed by atoms with van der Waals surface area (Å²) in [4.78, 5) is 14.0. The lowest BCUT2D eigenvalue weighted by atomic mass is 9.98. The normalized spacial score (nSPS) is 16.5. The topological polar surface area (TPSA) is 65.4 Å². The average molecular weight is 380 g/mol. The highest BCUT2D eigenvalue weighted by atomic mass is 79.9. The number of nitrogens with zero attached hydrogens (tertiary/aromatic N) is 2. The van der Waals surface area contributed by atoms with Crippen molar-refractivity contribution in [1.82, 2.24) is 10.2 Å². The zero-order chi connectivity index (χ0) is 16.9. The summed E-state index contributed by atoms with van der Waals surface area (Å²) in [5.74, 6) is 0.978. The second-order valence-corrected chi connectivity index (χ2v) is 7.09. The summed E-state index contributed by atoms with van der Waals surface area (Å²) in [5, 5.41) is 12.1. The number of ether oxygens (including phenoxy) is 1. The summed E-state index contributed by atoms with van der Waals surface area (Å²) in [7, 11) is 1.87. The van der Waals surface area contributed by atoms with Crippen molar-refractivity contribution in [1.29, 1.82) is 5.26 Å². The van der Waals surface area contributed by atoms with Crippen molar-refractivity contribution in [3.63, 3.8) is 0 Å². The predicted molar refractivity (Wildman–Crippen MR) is 92.0 cm³/mol. The van der Waals surface area contributed by atoms with Crippen molar-refractivity contribution in [3.8, 4) is 11.8 Å². The van der Waals surface area contributed by atoms with Crippen LogP contribution in [0.5, 0.6) is 5.75 Å². The number of hydrogen-bond donors (Lipinski definition) is 1. The van der Waals surface area contributed by atoms with Gasteiger partial charge in [-0.3, -0.25) is 9.69 Å². The molecule has 1 amide bonds. The first-order valence-corrected chi connectivity index (χ1v) is 8.51. The first-order valence-electron chi connectivity index (χ1n) is 7.72. The van der Waals surface area contributed by atoms with E-state index in [1.54, 1.807) is 6.92 Å². The summed E-state index contributed by atoms with van der Waals surface area (Å²) in [6, 6.07) is 9.87. The number of carbonyl (C=O) groups excluding carboxylic acids is 1. The van der Waals surface area contributed by atoms with Gasteiger partial charge in [0, 0.05) is 11.0 Å². The Bertz CT molecular complexity index is 580. The lowest BCUT2D eigenvalue weighted by Gasteiger charge is -2.24. The van der Waals surface area contributed by atoms with Crippen molar-refractivity contribution in [2.24, 2.45) is 5.92 Å². The Morgan fingerprint density at radius 1 is 1.48 bits per heavy atom. The molecule has 1 aromatic rings. The number of likely N-dealkylation sites (N-methyl/N-ethyl adjacent to an activating group) is 1. The van der Waals surface area contributed by atoms with E-state index in [0.717, 1.165) is 23.1 Å². The van der Waals surface area contributed by atoms with Crippen molar-refractivity contribution < 1.29 is 9.53 Å². The first kappa shape index (κ1) is 17.8. The lowest BCUT2D eigenvalue weighted by molar-refractivity contribution is -0.123. The predicted octanol–water partition coefficient (Wildman–Crippen LogP) is 2.57. The summed E-state index contributed by atoms with van der Waals surface area (Å²) in [6.45, 7) is 3.20. The lowest BCUT2D eigenvalue weighted by Crippen LogP contribution is -2.50. The van der Waals surface area contributed by atoms with Gasteiger partial charge in [0.2, 0.25) is 5.91 Å². The van der Waals surface area contributed by atoms with Crippen LogP contribution in [0.25, 0.3) is 0 Å². The van der Waals surface area contributed by atoms with Crippen LogP contribution < -0.4 is 10.1 Å². The minimum atomic E-state index is -0.730. The minimum Gasteiger partial charge on any atom is -0.492 e. The molecule has 0 aliphatic heterocycles. The van der Waals surface area contributed by atoms with Crippen LogP contribution in [0.4, 0.5) is 0 Å². The summed E-state index contributed by atoms with van der Waals surface area (Å²) >= 11 is 3.38. The van der Waals surface area contributed by atoms with Gasteiger partial charge in [0.15, 0.2) is 0 Å². The van der Waals surface area contributed by atoms with Crippen LogP contribution in [-0.2, 0) is 4.79 Å². The van der Waals surface area contributed by atoms with E-state index in [1.807, 2.05) is 36.2 Å². The summed E-state index contributed by atoms with van der Waals surface area (Å²) in [5.41, 5.74) is -0.730. The maximum atomic E-state index is 12.1. The van der Waals surface area contributed by atoms with E-state index in [2.05, 4.69) is 27.3 Å². The number of nitriles is 1. The van der Waals surface area contributed by atoms with Crippen molar-refractivity contribution in [2.45, 2.75) is 25.3 Å². The Kier molecular flexibility index (Phi) is 6.03. The van der Waals surface area contributed by atoms with E-state index in [0.29, 0.717) is 19.1 Å². The van der Waals surface area contributed by atoms with Crippen molar-refractivity contribution >= 4 is 21.8 Å². The van der Waals surface area contributed by atoms with E-state index in [4.69, 9.17) is 4.74 Å². The average Bonchev–Trinajstić information content (AvgIpc) is 3.34. The van der Waals surface area contributed by atoms with E-state index in [9.17, 15) is 10.1 Å². The maximum absolute atomic E-state index is 12.1. The molecule has 6 heteroatoms. The Morgan fingerprint density at radius 3 is 2.70 bits per heavy atom. The number of amides is 1. The molecule has 0 heterocycles. The van der Waals surface area contributed by atoms with Gasteiger partial charge in [0.05, 0.1) is 12.6 Å². The third-order valence-corrected chi connectivity index (χ3v) is 4.52. The number of halogens is 1. The quantitative estimate of drug-likeness (QED) is 0.753. The third kappa shape index (κ3) is 5.52. The zero-order valence-electron chi connectivity index (χ0n) is 13.5. The number of rotatable bonds is 8. The molecular weight excluding hydrogens is 358 g/mol. The maximum Gasteiger partial charge on any atom is 0.235 e. The summed E-state index contributed by atoms with van der Waals surface area (Å²) < 4.78 is 6.65. The van der Waals surface area contributed by atoms with E-state index in [-0.39, 0.29) is 12.5 Å². The Morgan fingerprint density at radius 2 is 2.13 bits per heavy atom. The fourth-order valence-corrected chi connectivity index (χ4v) is 2.65. The molecule has 1 atom stereocenters. The second-order valence-electron chi connectivity index (χ2n) is 6.18. The fraction of sp³-hybridized carbons (Fsp3) is 0.529. The van der Waals surface area contributed by atoms with Gasteiger partial charge in [-0.1, -0.05) is 15.9 Å². The molecule has 1 N–H and O–H groups in total. The Labute approximate surface area is 145 Å². The molecular formula is C17H22BrN3O2. The number of hydrogen-bond acceptors (Lipinski definition) is 4. The van der Waals surface area contributed by atoms with E-state index < -0.39 is 5.54 Å².